The van der Waals surface area contributed by atoms with Gasteiger partial charge in [-0.05, 0) is 13.3 Å². The van der Waals surface area contributed by atoms with Crippen LogP contribution in [0.5, 0.6) is 0 Å². The highest BCUT2D eigenvalue weighted by atomic mass is 16.6. The van der Waals surface area contributed by atoms with Crippen molar-refractivity contribution in [3.05, 3.63) is 11.3 Å². The van der Waals surface area contributed by atoms with Crippen molar-refractivity contribution in [3.63, 3.8) is 0 Å². The van der Waals surface area contributed by atoms with Crippen molar-refractivity contribution < 1.29 is 24.2 Å². The highest BCUT2D eigenvalue weighted by Crippen LogP contribution is 2.21. The molecule has 0 saturated heterocycles. The molecule has 0 spiro atoms. The molecule has 2 atom stereocenters. The lowest BCUT2D eigenvalue weighted by Gasteiger charge is -2.18. The van der Waals surface area contributed by atoms with Gasteiger partial charge in [-0.1, -0.05) is 84.0 Å². The highest BCUT2D eigenvalue weighted by Gasteiger charge is 2.35. The van der Waals surface area contributed by atoms with E-state index in [0.29, 0.717) is 12.0 Å². The quantitative estimate of drug-likeness (QED) is 0.269. The van der Waals surface area contributed by atoms with Gasteiger partial charge >= 0.3 is 11.9 Å². The summed E-state index contributed by atoms with van der Waals surface area (Å²) < 4.78 is 10.1. The van der Waals surface area contributed by atoms with E-state index in [1.807, 2.05) is 0 Å². The van der Waals surface area contributed by atoms with Crippen molar-refractivity contribution in [3.8, 4) is 0 Å². The number of esters is 2. The van der Waals surface area contributed by atoms with E-state index in [1.165, 1.54) is 64.2 Å². The Balaban J connectivity index is 1.93. The van der Waals surface area contributed by atoms with Crippen molar-refractivity contribution in [1.82, 2.24) is 0 Å². The third-order valence-corrected chi connectivity index (χ3v) is 5.53. The minimum atomic E-state index is -1.13. The van der Waals surface area contributed by atoms with Gasteiger partial charge in [0.15, 0.2) is 6.10 Å². The van der Waals surface area contributed by atoms with Gasteiger partial charge in [-0.2, -0.15) is 0 Å². The van der Waals surface area contributed by atoms with Crippen molar-refractivity contribution in [2.45, 2.75) is 116 Å². The van der Waals surface area contributed by atoms with Crippen molar-refractivity contribution in [1.29, 1.82) is 0 Å². The standard InChI is InChI=1S/C23H41NO5/c1-3-4-5-6-7-8-9-10-11-12-13-14-15-16-20(26)28-17-19(25)22-21(24)18(2)23(27)29-22/h19,22,25H,3-17,24H2,1-2H3. The predicted octanol–water partition coefficient (Wildman–Crippen LogP) is 4.53. The molecule has 1 heterocycles. The number of aliphatic hydroxyl groups excluding tert-OH is 1. The van der Waals surface area contributed by atoms with Crippen LogP contribution in [0.4, 0.5) is 0 Å². The second-order valence-electron chi connectivity index (χ2n) is 8.15. The maximum absolute atomic E-state index is 11.8. The molecule has 0 bridgehead atoms. The molecule has 0 amide bonds. The van der Waals surface area contributed by atoms with Crippen molar-refractivity contribution >= 4 is 11.9 Å². The predicted molar refractivity (Wildman–Crippen MR) is 114 cm³/mol. The molecule has 0 saturated carbocycles. The Labute approximate surface area is 176 Å². The molecule has 1 rings (SSSR count). The van der Waals surface area contributed by atoms with E-state index < -0.39 is 18.2 Å². The van der Waals surface area contributed by atoms with Gasteiger partial charge < -0.3 is 20.3 Å². The molecule has 6 heteroatoms. The summed E-state index contributed by atoms with van der Waals surface area (Å²) in [5.41, 5.74) is 6.25. The Morgan fingerprint density at radius 1 is 1.00 bits per heavy atom. The summed E-state index contributed by atoms with van der Waals surface area (Å²) in [7, 11) is 0. The molecule has 0 aromatic rings. The maximum atomic E-state index is 11.8. The van der Waals surface area contributed by atoms with Crippen LogP contribution in [0.2, 0.25) is 0 Å². The average Bonchev–Trinajstić information content (AvgIpc) is 2.97. The first-order valence-corrected chi connectivity index (χ1v) is 11.5. The van der Waals surface area contributed by atoms with Gasteiger partial charge in [-0.15, -0.1) is 0 Å². The van der Waals surface area contributed by atoms with Gasteiger partial charge in [0.2, 0.25) is 0 Å². The van der Waals surface area contributed by atoms with Crippen LogP contribution in [0.3, 0.4) is 0 Å². The molecule has 168 valence electrons. The first-order valence-electron chi connectivity index (χ1n) is 11.5. The van der Waals surface area contributed by atoms with E-state index in [2.05, 4.69) is 6.92 Å². The molecule has 1 aliphatic rings. The van der Waals surface area contributed by atoms with Crippen LogP contribution in [0.1, 0.15) is 104 Å². The third kappa shape index (κ3) is 10.7. The summed E-state index contributed by atoms with van der Waals surface area (Å²) in [6.45, 7) is 3.58. The number of aliphatic hydroxyl groups is 1. The fourth-order valence-electron chi connectivity index (χ4n) is 3.51. The van der Waals surface area contributed by atoms with Gasteiger partial charge in [-0.3, -0.25) is 4.79 Å². The van der Waals surface area contributed by atoms with E-state index in [1.54, 1.807) is 6.92 Å². The molecule has 29 heavy (non-hydrogen) atoms. The molecule has 0 aromatic heterocycles. The van der Waals surface area contributed by atoms with Crippen molar-refractivity contribution in [2.75, 3.05) is 6.61 Å². The molecule has 2 unspecified atom stereocenters. The van der Waals surface area contributed by atoms with Crippen LogP contribution in [0.25, 0.3) is 0 Å². The highest BCUT2D eigenvalue weighted by molar-refractivity contribution is 5.91. The first kappa shape index (κ1) is 25.5. The Morgan fingerprint density at radius 3 is 1.93 bits per heavy atom. The van der Waals surface area contributed by atoms with E-state index >= 15 is 0 Å². The van der Waals surface area contributed by atoms with Crippen LogP contribution < -0.4 is 5.73 Å². The molecule has 0 aromatic carbocycles. The zero-order chi connectivity index (χ0) is 21.5. The Kier molecular flexibility index (Phi) is 13.4. The van der Waals surface area contributed by atoms with Gasteiger partial charge in [0, 0.05) is 6.42 Å². The normalized spacial score (nSPS) is 17.5. The number of nitrogens with two attached hydrogens (primary N) is 1. The van der Waals surface area contributed by atoms with Crippen LogP contribution >= 0.6 is 0 Å². The van der Waals surface area contributed by atoms with Crippen molar-refractivity contribution in [2.24, 2.45) is 5.73 Å². The van der Waals surface area contributed by atoms with Gasteiger partial charge in [0.25, 0.3) is 0 Å². The Morgan fingerprint density at radius 2 is 1.48 bits per heavy atom. The second kappa shape index (κ2) is 15.3. The van der Waals surface area contributed by atoms with Gasteiger partial charge in [-0.25, -0.2) is 4.79 Å². The van der Waals surface area contributed by atoms with E-state index in [0.717, 1.165) is 19.3 Å². The number of hydrogen-bond donors (Lipinski definition) is 2. The Hall–Kier alpha value is -1.56. The number of carbonyl (C=O) groups is 2. The fourth-order valence-corrected chi connectivity index (χ4v) is 3.51. The summed E-state index contributed by atoms with van der Waals surface area (Å²) in [6.07, 6.45) is 14.6. The zero-order valence-corrected chi connectivity index (χ0v) is 18.4. The molecule has 0 radical (unpaired) electrons. The summed E-state index contributed by atoms with van der Waals surface area (Å²) in [5.74, 6) is -0.874. The lowest BCUT2D eigenvalue weighted by atomic mass is 10.0. The van der Waals surface area contributed by atoms with Gasteiger partial charge in [0.1, 0.15) is 12.7 Å². The number of hydrogen-bond acceptors (Lipinski definition) is 6. The second-order valence-corrected chi connectivity index (χ2v) is 8.15. The largest absolute Gasteiger partial charge is 0.463 e. The van der Waals surface area contributed by atoms with E-state index in [-0.39, 0.29) is 18.3 Å². The summed E-state index contributed by atoms with van der Waals surface area (Å²) >= 11 is 0. The van der Waals surface area contributed by atoms with Gasteiger partial charge in [0.05, 0.1) is 11.3 Å². The van der Waals surface area contributed by atoms with Crippen LogP contribution in [0.15, 0.2) is 11.3 Å². The molecule has 0 fully saturated rings. The molecule has 0 aliphatic carbocycles. The molecular weight excluding hydrogens is 370 g/mol. The van der Waals surface area contributed by atoms with Crippen LogP contribution in [-0.4, -0.2) is 35.9 Å². The number of unbranched alkanes of at least 4 members (excludes halogenated alkanes) is 12. The summed E-state index contributed by atoms with van der Waals surface area (Å²) in [4.78, 5) is 23.2. The molecule has 6 nitrogen and oxygen atoms in total. The minimum Gasteiger partial charge on any atom is -0.463 e. The van der Waals surface area contributed by atoms with Crippen LogP contribution in [-0.2, 0) is 19.1 Å². The summed E-state index contributed by atoms with van der Waals surface area (Å²) in [6, 6.07) is 0. The van der Waals surface area contributed by atoms with Crippen LogP contribution in [0, 0.1) is 0 Å². The summed E-state index contributed by atoms with van der Waals surface area (Å²) in [5, 5.41) is 10.0. The van der Waals surface area contributed by atoms with E-state index in [9.17, 15) is 14.7 Å². The SMILES string of the molecule is CCCCCCCCCCCCCCCC(=O)OCC(O)C1OC(=O)C(C)=C1N. The zero-order valence-electron chi connectivity index (χ0n) is 18.4. The lowest BCUT2D eigenvalue weighted by Crippen LogP contribution is -2.35. The van der Waals surface area contributed by atoms with E-state index in [4.69, 9.17) is 15.2 Å². The maximum Gasteiger partial charge on any atom is 0.336 e. The average molecular weight is 412 g/mol. The third-order valence-electron chi connectivity index (χ3n) is 5.53. The number of carbonyl (C=O) groups excluding carboxylic acids is 2. The monoisotopic (exact) mass is 411 g/mol. The molecule has 3 N–H and O–H groups in total. The molecule has 1 aliphatic heterocycles. The molecular formula is C23H41NO5. The number of ether oxygens (including phenoxy) is 2. The number of cyclic esters (lactones) is 1. The first-order chi connectivity index (χ1) is 14.0. The smallest absolute Gasteiger partial charge is 0.336 e. The minimum absolute atomic E-state index is 0.204. The number of rotatable bonds is 17. The fraction of sp³-hybridized carbons (Fsp3) is 0.826. The topological polar surface area (TPSA) is 98.9 Å². The Bertz CT molecular complexity index is 517. The lowest BCUT2D eigenvalue weighted by molar-refractivity contribution is -0.152.